The Labute approximate surface area is 93.2 Å². The third-order valence-corrected chi connectivity index (χ3v) is 2.63. The van der Waals surface area contributed by atoms with E-state index in [4.69, 9.17) is 4.99 Å². The molecule has 1 aromatic rings. The van der Waals surface area contributed by atoms with Gasteiger partial charge in [-0.15, -0.1) is 0 Å². The average molecular weight is 203 g/mol. The first-order valence-electron chi connectivity index (χ1n) is 5.75. The molecule has 0 saturated heterocycles. The van der Waals surface area contributed by atoms with E-state index in [0.717, 1.165) is 12.1 Å². The first-order valence-corrected chi connectivity index (χ1v) is 5.75. The standard InChI is InChI=1S/C14H21N/c1-5-6-10-13(4)15-14-11(2)8-7-9-12(14)3/h7-9H,5-6,10H2,1-4H3. The second-order valence-electron chi connectivity index (χ2n) is 4.19. The molecule has 0 aliphatic carbocycles. The number of unbranched alkanes of at least 4 members (excludes halogenated alkanes) is 1. The zero-order chi connectivity index (χ0) is 11.3. The lowest BCUT2D eigenvalue weighted by Crippen LogP contribution is -1.91. The third-order valence-electron chi connectivity index (χ3n) is 2.63. The van der Waals surface area contributed by atoms with Crippen molar-refractivity contribution < 1.29 is 0 Å². The lowest BCUT2D eigenvalue weighted by atomic mass is 10.1. The molecule has 0 N–H and O–H groups in total. The topological polar surface area (TPSA) is 12.4 Å². The summed E-state index contributed by atoms with van der Waals surface area (Å²) < 4.78 is 0. The minimum Gasteiger partial charge on any atom is -0.258 e. The van der Waals surface area contributed by atoms with Gasteiger partial charge in [-0.05, 0) is 44.7 Å². The number of para-hydroxylation sites is 1. The molecule has 0 aromatic heterocycles. The van der Waals surface area contributed by atoms with Crippen LogP contribution in [0.15, 0.2) is 23.2 Å². The predicted octanol–water partition coefficient (Wildman–Crippen LogP) is 4.59. The van der Waals surface area contributed by atoms with E-state index in [1.807, 2.05) is 0 Å². The van der Waals surface area contributed by atoms with Crippen LogP contribution in [0.1, 0.15) is 44.2 Å². The van der Waals surface area contributed by atoms with Crippen molar-refractivity contribution in [2.45, 2.75) is 47.0 Å². The van der Waals surface area contributed by atoms with Gasteiger partial charge >= 0.3 is 0 Å². The molecule has 0 bridgehead atoms. The van der Waals surface area contributed by atoms with Crippen molar-refractivity contribution in [3.63, 3.8) is 0 Å². The number of benzene rings is 1. The molecular formula is C14H21N. The Balaban J connectivity index is 2.87. The van der Waals surface area contributed by atoms with Gasteiger partial charge in [-0.2, -0.15) is 0 Å². The molecule has 0 heterocycles. The number of rotatable bonds is 4. The van der Waals surface area contributed by atoms with Crippen molar-refractivity contribution in [1.29, 1.82) is 0 Å². The summed E-state index contributed by atoms with van der Waals surface area (Å²) in [5.74, 6) is 0. The highest BCUT2D eigenvalue weighted by Gasteiger charge is 2.00. The first kappa shape index (κ1) is 12.0. The van der Waals surface area contributed by atoms with Gasteiger partial charge in [-0.1, -0.05) is 31.5 Å². The van der Waals surface area contributed by atoms with Crippen LogP contribution in [0.25, 0.3) is 0 Å². The molecule has 0 amide bonds. The summed E-state index contributed by atoms with van der Waals surface area (Å²) in [6.07, 6.45) is 3.59. The Morgan fingerprint density at radius 3 is 2.33 bits per heavy atom. The maximum absolute atomic E-state index is 4.71. The van der Waals surface area contributed by atoms with Crippen molar-refractivity contribution in [3.05, 3.63) is 29.3 Å². The number of nitrogens with zero attached hydrogens (tertiary/aromatic N) is 1. The fourth-order valence-corrected chi connectivity index (χ4v) is 1.66. The van der Waals surface area contributed by atoms with E-state index in [9.17, 15) is 0 Å². The van der Waals surface area contributed by atoms with E-state index in [-0.39, 0.29) is 0 Å². The highest BCUT2D eigenvalue weighted by atomic mass is 14.7. The van der Waals surface area contributed by atoms with Crippen molar-refractivity contribution in [3.8, 4) is 0 Å². The van der Waals surface area contributed by atoms with Gasteiger partial charge in [0.25, 0.3) is 0 Å². The van der Waals surface area contributed by atoms with Gasteiger partial charge in [0.1, 0.15) is 0 Å². The molecule has 15 heavy (non-hydrogen) atoms. The van der Waals surface area contributed by atoms with Crippen LogP contribution in [0.2, 0.25) is 0 Å². The fraction of sp³-hybridized carbons (Fsp3) is 0.500. The molecule has 1 rings (SSSR count). The Morgan fingerprint density at radius 1 is 1.20 bits per heavy atom. The summed E-state index contributed by atoms with van der Waals surface area (Å²) in [6, 6.07) is 6.34. The highest BCUT2D eigenvalue weighted by Crippen LogP contribution is 2.23. The largest absolute Gasteiger partial charge is 0.258 e. The van der Waals surface area contributed by atoms with Crippen LogP contribution in [0, 0.1) is 13.8 Å². The van der Waals surface area contributed by atoms with Gasteiger partial charge in [0.2, 0.25) is 0 Å². The quantitative estimate of drug-likeness (QED) is 0.635. The normalized spacial score (nSPS) is 11.9. The number of hydrogen-bond acceptors (Lipinski definition) is 1. The van der Waals surface area contributed by atoms with E-state index in [1.165, 1.54) is 29.7 Å². The lowest BCUT2D eigenvalue weighted by Gasteiger charge is -2.06. The maximum Gasteiger partial charge on any atom is 0.0687 e. The Bertz CT molecular complexity index is 330. The van der Waals surface area contributed by atoms with Gasteiger partial charge in [0.15, 0.2) is 0 Å². The van der Waals surface area contributed by atoms with E-state index in [2.05, 4.69) is 45.9 Å². The Morgan fingerprint density at radius 2 is 1.80 bits per heavy atom. The summed E-state index contributed by atoms with van der Waals surface area (Å²) in [6.45, 7) is 8.59. The molecule has 82 valence electrons. The lowest BCUT2D eigenvalue weighted by molar-refractivity contribution is 0.833. The summed E-state index contributed by atoms with van der Waals surface area (Å²) in [7, 11) is 0. The number of aliphatic imine (C=N–C) groups is 1. The second kappa shape index (κ2) is 5.69. The van der Waals surface area contributed by atoms with Gasteiger partial charge in [0.05, 0.1) is 5.69 Å². The molecule has 0 saturated carbocycles. The minimum atomic E-state index is 1.12. The van der Waals surface area contributed by atoms with Crippen LogP contribution in [0.3, 0.4) is 0 Å². The predicted molar refractivity (Wildman–Crippen MR) is 68.2 cm³/mol. The van der Waals surface area contributed by atoms with Crippen LogP contribution in [0.5, 0.6) is 0 Å². The Hall–Kier alpha value is -1.11. The average Bonchev–Trinajstić information content (AvgIpc) is 2.21. The molecule has 1 aromatic carbocycles. The smallest absolute Gasteiger partial charge is 0.0687 e. The molecule has 0 atom stereocenters. The molecule has 1 nitrogen and oxygen atoms in total. The van der Waals surface area contributed by atoms with Crippen LogP contribution < -0.4 is 0 Å². The highest BCUT2D eigenvalue weighted by molar-refractivity contribution is 5.85. The summed E-state index contributed by atoms with van der Waals surface area (Å²) in [4.78, 5) is 4.71. The maximum atomic E-state index is 4.71. The van der Waals surface area contributed by atoms with Gasteiger partial charge < -0.3 is 0 Å². The number of aryl methyl sites for hydroxylation is 2. The van der Waals surface area contributed by atoms with Crippen molar-refractivity contribution in [2.75, 3.05) is 0 Å². The molecule has 0 spiro atoms. The minimum absolute atomic E-state index is 1.12. The van der Waals surface area contributed by atoms with Crippen LogP contribution in [-0.2, 0) is 0 Å². The van der Waals surface area contributed by atoms with Crippen molar-refractivity contribution in [1.82, 2.24) is 0 Å². The van der Waals surface area contributed by atoms with Gasteiger partial charge in [-0.25, -0.2) is 0 Å². The summed E-state index contributed by atoms with van der Waals surface area (Å²) >= 11 is 0. The molecule has 0 unspecified atom stereocenters. The Kier molecular flexibility index (Phi) is 4.54. The fourth-order valence-electron chi connectivity index (χ4n) is 1.66. The zero-order valence-electron chi connectivity index (χ0n) is 10.3. The monoisotopic (exact) mass is 203 g/mol. The second-order valence-corrected chi connectivity index (χ2v) is 4.19. The van der Waals surface area contributed by atoms with Crippen LogP contribution >= 0.6 is 0 Å². The van der Waals surface area contributed by atoms with E-state index >= 15 is 0 Å². The van der Waals surface area contributed by atoms with E-state index < -0.39 is 0 Å². The van der Waals surface area contributed by atoms with Gasteiger partial charge in [0, 0.05) is 5.71 Å². The van der Waals surface area contributed by atoms with Gasteiger partial charge in [-0.3, -0.25) is 4.99 Å². The summed E-state index contributed by atoms with van der Waals surface area (Å²) in [5, 5.41) is 0. The van der Waals surface area contributed by atoms with Crippen molar-refractivity contribution in [2.24, 2.45) is 4.99 Å². The molecular weight excluding hydrogens is 182 g/mol. The van der Waals surface area contributed by atoms with Crippen LogP contribution in [0.4, 0.5) is 5.69 Å². The SMILES string of the molecule is CCCCC(C)=Nc1c(C)cccc1C. The number of hydrogen-bond donors (Lipinski definition) is 0. The van der Waals surface area contributed by atoms with E-state index in [0.29, 0.717) is 0 Å². The molecule has 0 fully saturated rings. The molecule has 1 heteroatoms. The van der Waals surface area contributed by atoms with Crippen molar-refractivity contribution >= 4 is 11.4 Å². The summed E-state index contributed by atoms with van der Waals surface area (Å²) in [5.41, 5.74) is 4.94. The molecule has 0 aliphatic heterocycles. The van der Waals surface area contributed by atoms with E-state index in [1.54, 1.807) is 0 Å². The third kappa shape index (κ3) is 3.50. The van der Waals surface area contributed by atoms with Crippen LogP contribution in [-0.4, -0.2) is 5.71 Å². The zero-order valence-corrected chi connectivity index (χ0v) is 10.3. The molecule has 0 radical (unpaired) electrons. The first-order chi connectivity index (χ1) is 7.15. The molecule has 0 aliphatic rings.